The van der Waals surface area contributed by atoms with Crippen LogP contribution in [0.15, 0.2) is 28.6 Å². The molecule has 0 amide bonds. The summed E-state index contributed by atoms with van der Waals surface area (Å²) in [5.74, 6) is 1.15. The number of Topliss-reactive ketones (excluding diaryl/α,β-unsaturated/α-hetero) is 1. The predicted octanol–water partition coefficient (Wildman–Crippen LogP) is 3.73. The number of ether oxygens (including phenoxy) is 1. The number of carbonyl (C=O) groups is 1. The number of hydrogen-bond acceptors (Lipinski definition) is 7. The van der Waals surface area contributed by atoms with E-state index in [1.165, 1.54) is 23.1 Å². The number of benzene rings is 1. The topological polar surface area (TPSA) is 64.1 Å². The van der Waals surface area contributed by atoms with Crippen molar-refractivity contribution in [3.8, 4) is 5.75 Å². The summed E-state index contributed by atoms with van der Waals surface area (Å²) in [7, 11) is 1.60. The molecule has 0 aliphatic rings. The van der Waals surface area contributed by atoms with Gasteiger partial charge in [-0.15, -0.1) is 10.2 Å². The Balaban J connectivity index is 1.90. The molecule has 7 heteroatoms. The molecule has 0 aliphatic heterocycles. The second-order valence-electron chi connectivity index (χ2n) is 5.69. The second kappa shape index (κ2) is 7.11. The minimum absolute atomic E-state index is 0.0552. The van der Waals surface area contributed by atoms with Crippen LogP contribution in [0.5, 0.6) is 5.75 Å². The fraction of sp³-hybridized carbons (Fsp3) is 0.400. The fourth-order valence-electron chi connectivity index (χ4n) is 1.63. The van der Waals surface area contributed by atoms with E-state index in [1.807, 2.05) is 0 Å². The van der Waals surface area contributed by atoms with Gasteiger partial charge in [0.05, 0.1) is 12.9 Å². The summed E-state index contributed by atoms with van der Waals surface area (Å²) in [5, 5.41) is 12.2. The first-order valence-corrected chi connectivity index (χ1v) is 8.59. The van der Waals surface area contributed by atoms with Crippen LogP contribution in [-0.4, -0.2) is 34.4 Å². The molecule has 0 aliphatic carbocycles. The van der Waals surface area contributed by atoms with Gasteiger partial charge in [0, 0.05) is 11.1 Å². The van der Waals surface area contributed by atoms with Crippen LogP contribution in [0.25, 0.3) is 0 Å². The van der Waals surface area contributed by atoms with Gasteiger partial charge in [-0.2, -0.15) is 0 Å². The summed E-state index contributed by atoms with van der Waals surface area (Å²) in [5.41, 5.74) is 0.617. The summed E-state index contributed by atoms with van der Waals surface area (Å²) in [6.07, 6.45) is 0. The molecule has 0 saturated heterocycles. The molecule has 2 aromatic rings. The molecule has 1 N–H and O–H groups in total. The van der Waals surface area contributed by atoms with Crippen molar-refractivity contribution in [3.05, 3.63) is 29.8 Å². The lowest BCUT2D eigenvalue weighted by Gasteiger charge is -2.18. The number of thioether (sulfide) groups is 1. The number of nitrogens with one attached hydrogen (secondary N) is 1. The Morgan fingerprint density at radius 3 is 2.55 bits per heavy atom. The van der Waals surface area contributed by atoms with Gasteiger partial charge in [-0.25, -0.2) is 0 Å². The van der Waals surface area contributed by atoms with E-state index in [0.29, 0.717) is 11.3 Å². The summed E-state index contributed by atoms with van der Waals surface area (Å²) in [6, 6.07) is 7.12. The van der Waals surface area contributed by atoms with Crippen LogP contribution in [0.1, 0.15) is 31.1 Å². The Bertz CT molecular complexity index is 633. The van der Waals surface area contributed by atoms with Crippen LogP contribution in [0, 0.1) is 0 Å². The third-order valence-electron chi connectivity index (χ3n) is 2.63. The standard InChI is InChI=1S/C15H19N3O2S2/c1-15(2,3)16-13-17-18-14(22-13)21-9-12(19)10-5-7-11(20-4)8-6-10/h5-8H,9H2,1-4H3,(H,16,17). The van der Waals surface area contributed by atoms with Crippen LogP contribution in [0.2, 0.25) is 0 Å². The molecular weight excluding hydrogens is 318 g/mol. The van der Waals surface area contributed by atoms with Gasteiger partial charge in [0.2, 0.25) is 5.13 Å². The van der Waals surface area contributed by atoms with E-state index >= 15 is 0 Å². The largest absolute Gasteiger partial charge is 0.497 e. The van der Waals surface area contributed by atoms with Crippen molar-refractivity contribution >= 4 is 34.0 Å². The summed E-state index contributed by atoms with van der Waals surface area (Å²) >= 11 is 2.86. The van der Waals surface area contributed by atoms with E-state index in [-0.39, 0.29) is 11.3 Å². The number of methoxy groups -OCH3 is 1. The average molecular weight is 337 g/mol. The van der Waals surface area contributed by atoms with Gasteiger partial charge in [0.15, 0.2) is 10.1 Å². The molecule has 1 aromatic heterocycles. The summed E-state index contributed by atoms with van der Waals surface area (Å²) in [6.45, 7) is 6.19. The number of nitrogens with zero attached hydrogens (tertiary/aromatic N) is 2. The fourth-order valence-corrected chi connectivity index (χ4v) is 3.48. The molecule has 1 heterocycles. The summed E-state index contributed by atoms with van der Waals surface area (Å²) in [4.78, 5) is 12.1. The molecule has 22 heavy (non-hydrogen) atoms. The highest BCUT2D eigenvalue weighted by Gasteiger charge is 2.14. The van der Waals surface area contributed by atoms with Gasteiger partial charge in [-0.1, -0.05) is 23.1 Å². The molecule has 118 valence electrons. The van der Waals surface area contributed by atoms with Crippen molar-refractivity contribution in [1.82, 2.24) is 10.2 Å². The zero-order chi connectivity index (χ0) is 16.2. The van der Waals surface area contributed by atoms with Crippen LogP contribution >= 0.6 is 23.1 Å². The first kappa shape index (κ1) is 16.8. The number of ketones is 1. The minimum atomic E-state index is -0.0552. The van der Waals surface area contributed by atoms with Gasteiger partial charge in [-0.3, -0.25) is 4.79 Å². The van der Waals surface area contributed by atoms with Crippen molar-refractivity contribution in [2.24, 2.45) is 0 Å². The Morgan fingerprint density at radius 2 is 1.95 bits per heavy atom. The molecule has 0 atom stereocenters. The maximum Gasteiger partial charge on any atom is 0.206 e. The van der Waals surface area contributed by atoms with Gasteiger partial charge in [0.1, 0.15) is 5.75 Å². The lowest BCUT2D eigenvalue weighted by molar-refractivity contribution is 0.102. The van der Waals surface area contributed by atoms with Crippen LogP contribution in [-0.2, 0) is 0 Å². The third-order valence-corrected chi connectivity index (χ3v) is 4.60. The van der Waals surface area contributed by atoms with Gasteiger partial charge >= 0.3 is 0 Å². The monoisotopic (exact) mass is 337 g/mol. The number of aromatic nitrogens is 2. The molecule has 1 aromatic carbocycles. The highest BCUT2D eigenvalue weighted by Crippen LogP contribution is 2.27. The van der Waals surface area contributed by atoms with Crippen LogP contribution < -0.4 is 10.1 Å². The van der Waals surface area contributed by atoms with Crippen LogP contribution in [0.3, 0.4) is 0 Å². The molecule has 0 fully saturated rings. The van der Waals surface area contributed by atoms with E-state index in [4.69, 9.17) is 4.74 Å². The second-order valence-corrected chi connectivity index (χ2v) is 7.89. The number of anilines is 1. The van der Waals surface area contributed by atoms with E-state index in [9.17, 15) is 4.79 Å². The third kappa shape index (κ3) is 4.99. The Hall–Kier alpha value is -1.60. The van der Waals surface area contributed by atoms with E-state index in [1.54, 1.807) is 31.4 Å². The maximum atomic E-state index is 12.1. The smallest absolute Gasteiger partial charge is 0.206 e. The van der Waals surface area contributed by atoms with Crippen LogP contribution in [0.4, 0.5) is 5.13 Å². The Kier molecular flexibility index (Phi) is 5.42. The first-order valence-electron chi connectivity index (χ1n) is 6.79. The van der Waals surface area contributed by atoms with Gasteiger partial charge in [-0.05, 0) is 45.0 Å². The first-order chi connectivity index (χ1) is 10.4. The van der Waals surface area contributed by atoms with E-state index < -0.39 is 0 Å². The molecule has 5 nitrogen and oxygen atoms in total. The molecule has 0 saturated carbocycles. The van der Waals surface area contributed by atoms with E-state index in [0.717, 1.165) is 15.2 Å². The summed E-state index contributed by atoms with van der Waals surface area (Å²) < 4.78 is 5.87. The molecule has 0 unspecified atom stereocenters. The highest BCUT2D eigenvalue weighted by atomic mass is 32.2. The van der Waals surface area contributed by atoms with Gasteiger partial charge in [0.25, 0.3) is 0 Å². The molecular formula is C15H19N3O2S2. The number of hydrogen-bond donors (Lipinski definition) is 1. The maximum absolute atomic E-state index is 12.1. The van der Waals surface area contributed by atoms with Crippen molar-refractivity contribution in [1.29, 1.82) is 0 Å². The normalized spacial score (nSPS) is 11.3. The molecule has 0 spiro atoms. The molecule has 0 bridgehead atoms. The number of carbonyl (C=O) groups excluding carboxylic acids is 1. The Labute approximate surface area is 138 Å². The molecule has 0 radical (unpaired) electrons. The molecule has 2 rings (SSSR count). The quantitative estimate of drug-likeness (QED) is 0.640. The number of rotatable bonds is 6. The zero-order valence-electron chi connectivity index (χ0n) is 13.0. The van der Waals surface area contributed by atoms with E-state index in [2.05, 4.69) is 36.3 Å². The van der Waals surface area contributed by atoms with Crippen molar-refractivity contribution in [2.45, 2.75) is 30.6 Å². The Morgan fingerprint density at radius 1 is 1.27 bits per heavy atom. The minimum Gasteiger partial charge on any atom is -0.497 e. The SMILES string of the molecule is COc1ccc(C(=O)CSc2nnc(NC(C)(C)C)s2)cc1. The van der Waals surface area contributed by atoms with Crippen molar-refractivity contribution in [3.63, 3.8) is 0 Å². The van der Waals surface area contributed by atoms with Crippen molar-refractivity contribution in [2.75, 3.05) is 18.2 Å². The zero-order valence-corrected chi connectivity index (χ0v) is 14.7. The van der Waals surface area contributed by atoms with Gasteiger partial charge < -0.3 is 10.1 Å². The lowest BCUT2D eigenvalue weighted by atomic mass is 10.1. The van der Waals surface area contributed by atoms with Crippen molar-refractivity contribution < 1.29 is 9.53 Å². The predicted molar refractivity (Wildman–Crippen MR) is 91.3 cm³/mol. The average Bonchev–Trinajstić information content (AvgIpc) is 2.90. The highest BCUT2D eigenvalue weighted by molar-refractivity contribution is 8.01. The lowest BCUT2D eigenvalue weighted by Crippen LogP contribution is -2.25.